The molecule has 1 amide bonds. The number of hydrogen-bond donors (Lipinski definition) is 0. The van der Waals surface area contributed by atoms with Crippen LogP contribution in [0.4, 0.5) is 0 Å². The van der Waals surface area contributed by atoms with Crippen LogP contribution in [0.25, 0.3) is 0 Å². The van der Waals surface area contributed by atoms with Crippen LogP contribution in [0.3, 0.4) is 0 Å². The van der Waals surface area contributed by atoms with E-state index in [1.54, 1.807) is 12.1 Å². The lowest BCUT2D eigenvalue weighted by atomic mass is 10.1. The fourth-order valence-electron chi connectivity index (χ4n) is 2.16. The van der Waals surface area contributed by atoms with Crippen LogP contribution in [-0.4, -0.2) is 37.3 Å². The molecule has 5 nitrogen and oxygen atoms in total. The van der Waals surface area contributed by atoms with E-state index in [1.165, 1.54) is 11.2 Å². The smallest absolute Gasteiger partial charge is 0.227 e. The van der Waals surface area contributed by atoms with Crippen molar-refractivity contribution in [1.29, 1.82) is 0 Å². The molecule has 1 unspecified atom stereocenters. The van der Waals surface area contributed by atoms with Gasteiger partial charge in [-0.15, -0.1) is 6.42 Å². The van der Waals surface area contributed by atoms with Gasteiger partial charge >= 0.3 is 0 Å². The molecule has 1 aromatic heterocycles. The van der Waals surface area contributed by atoms with Crippen molar-refractivity contribution >= 4 is 15.7 Å². The number of terminal acetylenes is 1. The third-order valence-electron chi connectivity index (χ3n) is 3.10. The number of carbonyl (C=O) groups is 1. The van der Waals surface area contributed by atoms with Crippen LogP contribution >= 0.6 is 0 Å². The van der Waals surface area contributed by atoms with Crippen molar-refractivity contribution < 1.29 is 17.6 Å². The van der Waals surface area contributed by atoms with Crippen molar-refractivity contribution in [2.75, 3.05) is 18.1 Å². The van der Waals surface area contributed by atoms with Gasteiger partial charge in [-0.25, -0.2) is 8.42 Å². The van der Waals surface area contributed by atoms with Crippen LogP contribution in [0.2, 0.25) is 0 Å². The molecule has 1 fully saturated rings. The molecule has 102 valence electrons. The van der Waals surface area contributed by atoms with E-state index in [0.717, 1.165) is 0 Å². The van der Waals surface area contributed by atoms with Crippen molar-refractivity contribution in [3.05, 3.63) is 24.2 Å². The predicted molar refractivity (Wildman–Crippen MR) is 69.7 cm³/mol. The van der Waals surface area contributed by atoms with Gasteiger partial charge in [0.1, 0.15) is 5.76 Å². The highest BCUT2D eigenvalue weighted by Crippen LogP contribution is 2.21. The summed E-state index contributed by atoms with van der Waals surface area (Å²) in [5.41, 5.74) is 0. The van der Waals surface area contributed by atoms with Gasteiger partial charge in [0.15, 0.2) is 9.84 Å². The molecule has 1 aliphatic rings. The van der Waals surface area contributed by atoms with Crippen molar-refractivity contribution in [2.45, 2.75) is 13.0 Å². The Labute approximate surface area is 112 Å². The van der Waals surface area contributed by atoms with Gasteiger partial charge in [-0.3, -0.25) is 4.79 Å². The fourth-order valence-corrected chi connectivity index (χ4v) is 3.89. The normalized spacial score (nSPS) is 20.9. The zero-order chi connectivity index (χ0) is 13.9. The van der Waals surface area contributed by atoms with Crippen molar-refractivity contribution in [3.8, 4) is 12.3 Å². The van der Waals surface area contributed by atoms with Crippen molar-refractivity contribution in [3.63, 3.8) is 0 Å². The first kappa shape index (κ1) is 13.7. The molecule has 0 spiro atoms. The molecule has 0 saturated carbocycles. The topological polar surface area (TPSA) is 67.6 Å². The summed E-state index contributed by atoms with van der Waals surface area (Å²) in [5.74, 6) is 2.36. The van der Waals surface area contributed by atoms with Crippen LogP contribution in [0.1, 0.15) is 12.2 Å². The molecule has 1 atom stereocenters. The summed E-state index contributed by atoms with van der Waals surface area (Å²) in [6.45, 7) is 0.419. The second-order valence-electron chi connectivity index (χ2n) is 4.58. The lowest BCUT2D eigenvalue weighted by molar-refractivity contribution is -0.134. The zero-order valence-corrected chi connectivity index (χ0v) is 11.2. The number of rotatable bonds is 4. The first-order valence-corrected chi connectivity index (χ1v) is 7.79. The maximum Gasteiger partial charge on any atom is 0.227 e. The second kappa shape index (κ2) is 5.49. The third kappa shape index (κ3) is 3.38. The summed E-state index contributed by atoms with van der Waals surface area (Å²) in [6, 6.07) is 3.48. The molecule has 6 heteroatoms. The molecule has 19 heavy (non-hydrogen) atoms. The van der Waals surface area contributed by atoms with E-state index in [-0.39, 0.29) is 30.5 Å². The van der Waals surface area contributed by atoms with Crippen molar-refractivity contribution in [2.24, 2.45) is 5.92 Å². The summed E-state index contributed by atoms with van der Waals surface area (Å²) >= 11 is 0. The lowest BCUT2D eigenvalue weighted by Gasteiger charge is -2.22. The molecule has 2 rings (SSSR count). The average molecular weight is 281 g/mol. The summed E-state index contributed by atoms with van der Waals surface area (Å²) in [6.07, 6.45) is 7.15. The Bertz CT molecular complexity index is 583. The van der Waals surface area contributed by atoms with Gasteiger partial charge in [0.25, 0.3) is 0 Å². The third-order valence-corrected chi connectivity index (χ3v) is 4.87. The quantitative estimate of drug-likeness (QED) is 0.761. The minimum Gasteiger partial charge on any atom is -0.467 e. The Kier molecular flexibility index (Phi) is 3.96. The maximum atomic E-state index is 12.3. The summed E-state index contributed by atoms with van der Waals surface area (Å²) in [7, 11) is -3.07. The van der Waals surface area contributed by atoms with Gasteiger partial charge < -0.3 is 9.32 Å². The lowest BCUT2D eigenvalue weighted by Crippen LogP contribution is -2.36. The first-order chi connectivity index (χ1) is 9.02. The average Bonchev–Trinajstić information content (AvgIpc) is 2.97. The van der Waals surface area contributed by atoms with Gasteiger partial charge in [-0.2, -0.15) is 0 Å². The molecule has 1 aliphatic heterocycles. The highest BCUT2D eigenvalue weighted by molar-refractivity contribution is 7.91. The monoisotopic (exact) mass is 281 g/mol. The van der Waals surface area contributed by atoms with E-state index < -0.39 is 15.8 Å². The van der Waals surface area contributed by atoms with E-state index >= 15 is 0 Å². The summed E-state index contributed by atoms with van der Waals surface area (Å²) in [4.78, 5) is 13.7. The SMILES string of the molecule is C#CCN(Cc1ccco1)C(=O)C1CCS(=O)(=O)C1. The zero-order valence-electron chi connectivity index (χ0n) is 10.4. The molecular formula is C13H15NO4S. The Balaban J connectivity index is 2.07. The van der Waals surface area contributed by atoms with Crippen molar-refractivity contribution in [1.82, 2.24) is 4.90 Å². The Morgan fingerprint density at radius 2 is 2.37 bits per heavy atom. The highest BCUT2D eigenvalue weighted by atomic mass is 32.2. The van der Waals surface area contributed by atoms with E-state index in [1.807, 2.05) is 0 Å². The second-order valence-corrected chi connectivity index (χ2v) is 6.81. The molecule has 2 heterocycles. The van der Waals surface area contributed by atoms with Gasteiger partial charge in [0.2, 0.25) is 5.91 Å². The number of furan rings is 1. The van der Waals surface area contributed by atoms with Crippen LogP contribution in [0, 0.1) is 18.3 Å². The molecule has 0 aliphatic carbocycles. The minimum atomic E-state index is -3.07. The number of carbonyl (C=O) groups excluding carboxylic acids is 1. The molecule has 0 bridgehead atoms. The van der Waals surface area contributed by atoms with Crippen LogP contribution in [0.5, 0.6) is 0 Å². The van der Waals surface area contributed by atoms with Gasteiger partial charge in [-0.1, -0.05) is 5.92 Å². The molecule has 1 aromatic rings. The van der Waals surface area contributed by atoms with Crippen LogP contribution < -0.4 is 0 Å². The Morgan fingerprint density at radius 3 is 2.89 bits per heavy atom. The largest absolute Gasteiger partial charge is 0.467 e. The number of hydrogen-bond acceptors (Lipinski definition) is 4. The molecule has 0 aromatic carbocycles. The molecule has 0 radical (unpaired) electrons. The van der Waals surface area contributed by atoms with E-state index in [4.69, 9.17) is 10.8 Å². The fraction of sp³-hybridized carbons (Fsp3) is 0.462. The molecule has 1 saturated heterocycles. The van der Waals surface area contributed by atoms with Crippen LogP contribution in [0.15, 0.2) is 22.8 Å². The number of sulfone groups is 1. The number of amides is 1. The van der Waals surface area contributed by atoms with E-state index in [2.05, 4.69) is 5.92 Å². The highest BCUT2D eigenvalue weighted by Gasteiger charge is 2.35. The van der Waals surface area contributed by atoms with Gasteiger partial charge in [0.05, 0.1) is 36.8 Å². The maximum absolute atomic E-state index is 12.3. The summed E-state index contributed by atoms with van der Waals surface area (Å²) < 4.78 is 28.0. The standard InChI is InChI=1S/C13H15NO4S/c1-2-6-14(9-12-4-3-7-18-12)13(15)11-5-8-19(16,17)10-11/h1,3-4,7,11H,5-6,8-10H2. The van der Waals surface area contributed by atoms with E-state index in [9.17, 15) is 13.2 Å². The van der Waals surface area contributed by atoms with Gasteiger partial charge in [-0.05, 0) is 18.6 Å². The minimum absolute atomic E-state index is 0.0774. The Hall–Kier alpha value is -1.74. The first-order valence-electron chi connectivity index (χ1n) is 5.97. The van der Waals surface area contributed by atoms with Gasteiger partial charge in [0, 0.05) is 0 Å². The summed E-state index contributed by atoms with van der Waals surface area (Å²) in [5, 5.41) is 0. The predicted octanol–water partition coefficient (Wildman–Crippen LogP) is 0.676. The number of nitrogens with zero attached hydrogens (tertiary/aromatic N) is 1. The van der Waals surface area contributed by atoms with Crippen LogP contribution in [-0.2, 0) is 21.2 Å². The molecular weight excluding hydrogens is 266 g/mol. The Morgan fingerprint density at radius 1 is 1.58 bits per heavy atom. The molecule has 0 N–H and O–H groups in total. The van der Waals surface area contributed by atoms with E-state index in [0.29, 0.717) is 12.2 Å².